The molecule has 0 bridgehead atoms. The Balaban J connectivity index is 1.62. The minimum atomic E-state index is -0.256. The zero-order valence-electron chi connectivity index (χ0n) is 18.1. The summed E-state index contributed by atoms with van der Waals surface area (Å²) in [6.45, 7) is 3.22. The van der Waals surface area contributed by atoms with Gasteiger partial charge < -0.3 is 14.7 Å². The van der Waals surface area contributed by atoms with Crippen molar-refractivity contribution in [3.63, 3.8) is 0 Å². The van der Waals surface area contributed by atoms with E-state index in [-0.39, 0.29) is 16.7 Å². The lowest BCUT2D eigenvalue weighted by molar-refractivity contribution is -0.130. The number of H-pyrrole nitrogens is 1. The van der Waals surface area contributed by atoms with Gasteiger partial charge in [0, 0.05) is 19.9 Å². The number of hydrogen-bond donors (Lipinski definition) is 2. The molecule has 0 aliphatic rings. The number of aromatic amines is 1. The SMILES string of the molecule is CCCCCCCCCC(=O)N(C)CCOc1ccc(Cc2sc(=O)[nH]c2O)cc1. The van der Waals surface area contributed by atoms with E-state index in [0.717, 1.165) is 35.5 Å². The van der Waals surface area contributed by atoms with E-state index in [1.165, 1.54) is 32.1 Å². The Bertz CT molecular complexity index is 813. The van der Waals surface area contributed by atoms with Crippen LogP contribution in [-0.4, -0.2) is 41.1 Å². The maximum atomic E-state index is 12.2. The van der Waals surface area contributed by atoms with Gasteiger partial charge in [-0.2, -0.15) is 0 Å². The Morgan fingerprint density at radius 2 is 1.77 bits per heavy atom. The molecule has 0 unspecified atom stereocenters. The molecule has 0 spiro atoms. The predicted octanol–water partition coefficient (Wildman–Crippen LogP) is 4.71. The second-order valence-electron chi connectivity index (χ2n) is 7.64. The lowest BCUT2D eigenvalue weighted by Crippen LogP contribution is -2.30. The van der Waals surface area contributed by atoms with Crippen molar-refractivity contribution < 1.29 is 14.6 Å². The lowest BCUT2D eigenvalue weighted by Gasteiger charge is -2.17. The maximum absolute atomic E-state index is 12.2. The van der Waals surface area contributed by atoms with E-state index in [9.17, 15) is 14.7 Å². The summed E-state index contributed by atoms with van der Waals surface area (Å²) < 4.78 is 5.74. The molecule has 0 atom stereocenters. The maximum Gasteiger partial charge on any atom is 0.307 e. The molecule has 0 aliphatic heterocycles. The number of rotatable bonds is 14. The van der Waals surface area contributed by atoms with Gasteiger partial charge in [0.1, 0.15) is 12.4 Å². The molecule has 1 aromatic carbocycles. The van der Waals surface area contributed by atoms with E-state index in [0.29, 0.717) is 30.9 Å². The fourth-order valence-electron chi connectivity index (χ4n) is 3.21. The lowest BCUT2D eigenvalue weighted by atomic mass is 10.1. The molecule has 1 amide bonds. The highest BCUT2D eigenvalue weighted by Crippen LogP contribution is 2.21. The van der Waals surface area contributed by atoms with Crippen molar-refractivity contribution in [3.05, 3.63) is 44.4 Å². The molecule has 0 saturated carbocycles. The van der Waals surface area contributed by atoms with E-state index >= 15 is 0 Å². The number of thiazole rings is 1. The molecule has 1 heterocycles. The average molecular weight is 435 g/mol. The number of benzene rings is 1. The monoisotopic (exact) mass is 434 g/mol. The molecule has 2 rings (SSSR count). The van der Waals surface area contributed by atoms with Crippen LogP contribution in [0.3, 0.4) is 0 Å². The second kappa shape index (κ2) is 13.1. The fourth-order valence-corrected chi connectivity index (χ4v) is 3.97. The standard InChI is InChI=1S/C23H34N2O4S/c1-3-4-5-6-7-8-9-10-21(26)25(2)15-16-29-19-13-11-18(12-14-19)17-20-22(27)24-23(28)30-20/h11-14,27H,3-10,15-17H2,1-2H3,(H,24,28). The van der Waals surface area contributed by atoms with Gasteiger partial charge in [-0.15, -0.1) is 0 Å². The summed E-state index contributed by atoms with van der Waals surface area (Å²) in [5.41, 5.74) is 0.981. The van der Waals surface area contributed by atoms with Crippen LogP contribution in [0.4, 0.5) is 0 Å². The van der Waals surface area contributed by atoms with Crippen molar-refractivity contribution in [1.29, 1.82) is 0 Å². The third kappa shape index (κ3) is 8.61. The van der Waals surface area contributed by atoms with E-state index in [1.54, 1.807) is 4.90 Å². The summed E-state index contributed by atoms with van der Waals surface area (Å²) in [7, 11) is 1.82. The molecule has 0 fully saturated rings. The van der Waals surface area contributed by atoms with E-state index < -0.39 is 0 Å². The number of aromatic nitrogens is 1. The van der Waals surface area contributed by atoms with Crippen molar-refractivity contribution in [2.24, 2.45) is 0 Å². The minimum absolute atomic E-state index is 0.0606. The molecule has 2 aromatic rings. The number of hydrogen-bond acceptors (Lipinski definition) is 5. The quantitative estimate of drug-likeness (QED) is 0.422. The third-order valence-corrected chi connectivity index (χ3v) is 5.98. The van der Waals surface area contributed by atoms with Gasteiger partial charge in [-0.05, 0) is 24.1 Å². The van der Waals surface area contributed by atoms with Crippen molar-refractivity contribution in [2.45, 2.75) is 64.7 Å². The minimum Gasteiger partial charge on any atom is -0.494 e. The molecule has 1 aromatic heterocycles. The van der Waals surface area contributed by atoms with E-state index in [2.05, 4.69) is 11.9 Å². The fraction of sp³-hybridized carbons (Fsp3) is 0.565. The summed E-state index contributed by atoms with van der Waals surface area (Å²) in [6.07, 6.45) is 9.56. The smallest absolute Gasteiger partial charge is 0.307 e. The van der Waals surface area contributed by atoms with Crippen molar-refractivity contribution in [2.75, 3.05) is 20.2 Å². The van der Waals surface area contributed by atoms with Crippen molar-refractivity contribution >= 4 is 17.2 Å². The van der Waals surface area contributed by atoms with Gasteiger partial charge in [0.05, 0.1) is 11.4 Å². The van der Waals surface area contributed by atoms with E-state index in [4.69, 9.17) is 4.74 Å². The molecule has 2 N–H and O–H groups in total. The average Bonchev–Trinajstić information content (AvgIpc) is 3.05. The molecule has 7 heteroatoms. The number of likely N-dealkylation sites (N-methyl/N-ethyl adjacent to an activating group) is 1. The normalized spacial score (nSPS) is 10.9. The molecule has 0 aliphatic carbocycles. The Morgan fingerprint density at radius 3 is 2.40 bits per heavy atom. The van der Waals surface area contributed by atoms with Gasteiger partial charge in [-0.25, -0.2) is 0 Å². The largest absolute Gasteiger partial charge is 0.494 e. The number of ether oxygens (including phenoxy) is 1. The van der Waals surface area contributed by atoms with Crippen LogP contribution >= 0.6 is 11.3 Å². The van der Waals surface area contributed by atoms with Gasteiger partial charge in [-0.3, -0.25) is 14.6 Å². The van der Waals surface area contributed by atoms with Crippen LogP contribution in [0.5, 0.6) is 11.6 Å². The molecule has 6 nitrogen and oxygen atoms in total. The number of unbranched alkanes of at least 4 members (excludes halogenated alkanes) is 6. The van der Waals surface area contributed by atoms with Crippen LogP contribution in [0.1, 0.15) is 68.7 Å². The summed E-state index contributed by atoms with van der Waals surface area (Å²) in [5, 5.41) is 9.67. The number of nitrogens with one attached hydrogen (secondary N) is 1. The van der Waals surface area contributed by atoms with Gasteiger partial charge >= 0.3 is 4.87 Å². The van der Waals surface area contributed by atoms with E-state index in [1.807, 2.05) is 31.3 Å². The third-order valence-electron chi connectivity index (χ3n) is 5.10. The van der Waals surface area contributed by atoms with Gasteiger partial charge in [0.2, 0.25) is 11.8 Å². The van der Waals surface area contributed by atoms with Gasteiger partial charge in [0.25, 0.3) is 0 Å². The number of amides is 1. The first-order valence-electron chi connectivity index (χ1n) is 10.9. The van der Waals surface area contributed by atoms with Crippen molar-refractivity contribution in [1.82, 2.24) is 9.88 Å². The number of carbonyl (C=O) groups is 1. The highest BCUT2D eigenvalue weighted by Gasteiger charge is 2.09. The van der Waals surface area contributed by atoms with Crippen LogP contribution in [0.2, 0.25) is 0 Å². The summed E-state index contributed by atoms with van der Waals surface area (Å²) in [4.78, 5) is 27.9. The molecular weight excluding hydrogens is 400 g/mol. The Labute approximate surface area is 182 Å². The Morgan fingerprint density at radius 1 is 1.10 bits per heavy atom. The van der Waals surface area contributed by atoms with Crippen LogP contribution in [0.15, 0.2) is 29.1 Å². The molecule has 30 heavy (non-hydrogen) atoms. The Hall–Kier alpha value is -2.28. The summed E-state index contributed by atoms with van der Waals surface area (Å²) in [6, 6.07) is 7.55. The molecular formula is C23H34N2O4S. The Kier molecular flexibility index (Phi) is 10.5. The van der Waals surface area contributed by atoms with Gasteiger partial charge in [-0.1, -0.05) is 68.9 Å². The van der Waals surface area contributed by atoms with Gasteiger partial charge in [0.15, 0.2) is 0 Å². The topological polar surface area (TPSA) is 82.6 Å². The first-order valence-corrected chi connectivity index (χ1v) is 11.7. The number of nitrogens with zero attached hydrogens (tertiary/aromatic N) is 1. The summed E-state index contributed by atoms with van der Waals surface area (Å²) >= 11 is 1.01. The number of carbonyl (C=O) groups excluding carboxylic acids is 1. The zero-order valence-corrected chi connectivity index (χ0v) is 18.9. The molecule has 166 valence electrons. The first-order chi connectivity index (χ1) is 14.5. The first kappa shape index (κ1) is 24.0. The predicted molar refractivity (Wildman–Crippen MR) is 122 cm³/mol. The zero-order chi connectivity index (χ0) is 21.8. The van der Waals surface area contributed by atoms with Crippen LogP contribution in [0, 0.1) is 0 Å². The molecule has 0 saturated heterocycles. The second-order valence-corrected chi connectivity index (χ2v) is 8.71. The van der Waals surface area contributed by atoms with Crippen LogP contribution < -0.4 is 9.61 Å². The summed E-state index contributed by atoms with van der Waals surface area (Å²) in [5.74, 6) is 0.848. The number of aromatic hydroxyl groups is 1. The molecule has 0 radical (unpaired) electrons. The van der Waals surface area contributed by atoms with Crippen LogP contribution in [0.25, 0.3) is 0 Å². The highest BCUT2D eigenvalue weighted by molar-refractivity contribution is 7.09. The van der Waals surface area contributed by atoms with Crippen molar-refractivity contribution in [3.8, 4) is 11.6 Å². The highest BCUT2D eigenvalue weighted by atomic mass is 32.1. The van der Waals surface area contributed by atoms with Crippen LogP contribution in [-0.2, 0) is 11.2 Å².